The number of nitrogens with zero attached hydrogens (tertiary/aromatic N) is 1. The maximum Gasteiger partial charge on any atom is 0.325 e. The molecule has 3 amide bonds. The number of likely N-dealkylation sites (tertiary alicyclic amines) is 1. The molecule has 0 spiro atoms. The van der Waals surface area contributed by atoms with E-state index in [-0.39, 0.29) is 36.6 Å². The van der Waals surface area contributed by atoms with E-state index in [2.05, 4.69) is 15.4 Å². The zero-order chi connectivity index (χ0) is 22.3. The minimum Gasteiger partial charge on any atom is -0.468 e. The number of piperidine rings is 1. The minimum absolute atomic E-state index is 0.0542. The number of methoxy groups -OCH3 is 1. The third kappa shape index (κ3) is 6.86. The van der Waals surface area contributed by atoms with Gasteiger partial charge >= 0.3 is 5.97 Å². The molecule has 30 heavy (non-hydrogen) atoms. The normalized spacial score (nSPS) is 14.7. The van der Waals surface area contributed by atoms with Gasteiger partial charge in [0, 0.05) is 30.1 Å². The molecule has 164 valence electrons. The van der Waals surface area contributed by atoms with Crippen LogP contribution in [0.2, 0.25) is 0 Å². The summed E-state index contributed by atoms with van der Waals surface area (Å²) in [5.74, 6) is -0.851. The van der Waals surface area contributed by atoms with Gasteiger partial charge < -0.3 is 20.3 Å². The van der Waals surface area contributed by atoms with Gasteiger partial charge in [0.15, 0.2) is 0 Å². The van der Waals surface area contributed by atoms with E-state index in [9.17, 15) is 19.2 Å². The van der Waals surface area contributed by atoms with Gasteiger partial charge in [0.1, 0.15) is 6.54 Å². The lowest BCUT2D eigenvalue weighted by atomic mass is 9.90. The molecule has 8 nitrogen and oxygen atoms in total. The Morgan fingerprint density at radius 2 is 1.67 bits per heavy atom. The standard InChI is InChI=1S/C22H31N3O5/c1-22(2,3)21(29)25-11-9-16(10-12-25)20(28)24-17-7-5-15(6-8-17)13-18(26)23-14-19(27)30-4/h5-8,16H,9-14H2,1-4H3,(H,23,26)(H,24,28). The molecule has 1 aliphatic rings. The van der Waals surface area contributed by atoms with Crippen LogP contribution in [0.15, 0.2) is 24.3 Å². The molecule has 1 aliphatic heterocycles. The number of amides is 3. The number of esters is 1. The van der Waals surface area contributed by atoms with E-state index >= 15 is 0 Å². The molecule has 1 fully saturated rings. The molecule has 0 atom stereocenters. The molecule has 0 aliphatic carbocycles. The summed E-state index contributed by atoms with van der Waals surface area (Å²) in [6.45, 7) is 6.73. The largest absolute Gasteiger partial charge is 0.468 e. The highest BCUT2D eigenvalue weighted by Gasteiger charge is 2.32. The van der Waals surface area contributed by atoms with Crippen LogP contribution in [0.3, 0.4) is 0 Å². The summed E-state index contributed by atoms with van der Waals surface area (Å²) in [6.07, 6.45) is 1.42. The van der Waals surface area contributed by atoms with Gasteiger partial charge in [-0.25, -0.2) is 0 Å². The van der Waals surface area contributed by atoms with Crippen molar-refractivity contribution in [2.24, 2.45) is 11.3 Å². The van der Waals surface area contributed by atoms with Crippen molar-refractivity contribution in [1.29, 1.82) is 0 Å². The van der Waals surface area contributed by atoms with Crippen LogP contribution < -0.4 is 10.6 Å². The molecule has 0 radical (unpaired) electrons. The summed E-state index contributed by atoms with van der Waals surface area (Å²) < 4.78 is 4.47. The highest BCUT2D eigenvalue weighted by molar-refractivity contribution is 5.93. The van der Waals surface area contributed by atoms with Gasteiger partial charge in [-0.15, -0.1) is 0 Å². The van der Waals surface area contributed by atoms with Crippen LogP contribution >= 0.6 is 0 Å². The van der Waals surface area contributed by atoms with E-state index in [1.807, 2.05) is 25.7 Å². The smallest absolute Gasteiger partial charge is 0.325 e. The molecular weight excluding hydrogens is 386 g/mol. The van der Waals surface area contributed by atoms with Crippen molar-refractivity contribution in [3.63, 3.8) is 0 Å². The number of ether oxygens (including phenoxy) is 1. The van der Waals surface area contributed by atoms with E-state index in [1.54, 1.807) is 24.3 Å². The van der Waals surface area contributed by atoms with Gasteiger partial charge in [-0.05, 0) is 30.5 Å². The van der Waals surface area contributed by atoms with Crippen molar-refractivity contribution in [2.75, 3.05) is 32.1 Å². The number of nitrogens with one attached hydrogen (secondary N) is 2. The molecule has 2 N–H and O–H groups in total. The van der Waals surface area contributed by atoms with Crippen molar-refractivity contribution < 1.29 is 23.9 Å². The molecule has 1 saturated heterocycles. The molecule has 8 heteroatoms. The SMILES string of the molecule is COC(=O)CNC(=O)Cc1ccc(NC(=O)C2CCN(C(=O)C(C)(C)C)CC2)cc1. The molecule has 0 aromatic heterocycles. The predicted molar refractivity (Wildman–Crippen MR) is 113 cm³/mol. The summed E-state index contributed by atoms with van der Waals surface area (Å²) in [5, 5.41) is 5.39. The van der Waals surface area contributed by atoms with Gasteiger partial charge in [0.25, 0.3) is 0 Å². The zero-order valence-corrected chi connectivity index (χ0v) is 18.1. The second-order valence-electron chi connectivity index (χ2n) is 8.53. The number of carbonyl (C=O) groups is 4. The van der Waals surface area contributed by atoms with Gasteiger partial charge in [0.05, 0.1) is 13.5 Å². The number of carbonyl (C=O) groups excluding carboxylic acids is 4. The van der Waals surface area contributed by atoms with Gasteiger partial charge in [0.2, 0.25) is 17.7 Å². The summed E-state index contributed by atoms with van der Waals surface area (Å²) in [4.78, 5) is 49.6. The van der Waals surface area contributed by atoms with Crippen LogP contribution in [-0.4, -0.2) is 55.3 Å². The first kappa shape index (κ1) is 23.4. The second kappa shape index (κ2) is 10.2. The van der Waals surface area contributed by atoms with E-state index < -0.39 is 11.4 Å². The monoisotopic (exact) mass is 417 g/mol. The Morgan fingerprint density at radius 1 is 1.07 bits per heavy atom. The van der Waals surface area contributed by atoms with Crippen LogP contribution in [0.1, 0.15) is 39.2 Å². The number of rotatable bonds is 6. The van der Waals surface area contributed by atoms with E-state index in [0.717, 1.165) is 5.56 Å². The van der Waals surface area contributed by atoms with E-state index in [4.69, 9.17) is 0 Å². The average molecular weight is 418 g/mol. The van der Waals surface area contributed by atoms with Gasteiger partial charge in [-0.3, -0.25) is 19.2 Å². The third-order valence-electron chi connectivity index (χ3n) is 5.04. The van der Waals surface area contributed by atoms with Crippen LogP contribution in [0.4, 0.5) is 5.69 Å². The second-order valence-corrected chi connectivity index (χ2v) is 8.53. The molecular formula is C22H31N3O5. The molecule has 0 unspecified atom stereocenters. The Morgan fingerprint density at radius 3 is 2.20 bits per heavy atom. The van der Waals surface area contributed by atoms with Crippen LogP contribution in [0, 0.1) is 11.3 Å². The maximum atomic E-state index is 12.6. The first-order valence-corrected chi connectivity index (χ1v) is 10.1. The number of hydrogen-bond acceptors (Lipinski definition) is 5. The predicted octanol–water partition coefficient (Wildman–Crippen LogP) is 1.74. The van der Waals surface area contributed by atoms with Crippen molar-refractivity contribution in [3.8, 4) is 0 Å². The third-order valence-corrected chi connectivity index (χ3v) is 5.04. The van der Waals surface area contributed by atoms with Gasteiger partial charge in [-0.1, -0.05) is 32.9 Å². The Hall–Kier alpha value is -2.90. The molecule has 1 heterocycles. The number of hydrogen-bond donors (Lipinski definition) is 2. The minimum atomic E-state index is -0.505. The van der Waals surface area contributed by atoms with Crippen LogP contribution in [0.5, 0.6) is 0 Å². The Kier molecular flexibility index (Phi) is 7.97. The highest BCUT2D eigenvalue weighted by Crippen LogP contribution is 2.24. The molecule has 2 rings (SSSR count). The lowest BCUT2D eigenvalue weighted by Crippen LogP contribution is -2.45. The van der Waals surface area contributed by atoms with E-state index in [0.29, 0.717) is 31.6 Å². The average Bonchev–Trinajstić information content (AvgIpc) is 2.72. The Balaban J connectivity index is 1.80. The number of benzene rings is 1. The topological polar surface area (TPSA) is 105 Å². The molecule has 1 aromatic carbocycles. The Labute approximate surface area is 177 Å². The molecule has 1 aromatic rings. The fraction of sp³-hybridized carbons (Fsp3) is 0.545. The van der Waals surface area contributed by atoms with Gasteiger partial charge in [-0.2, -0.15) is 0 Å². The van der Waals surface area contributed by atoms with Crippen molar-refractivity contribution in [3.05, 3.63) is 29.8 Å². The maximum absolute atomic E-state index is 12.6. The van der Waals surface area contributed by atoms with Crippen molar-refractivity contribution in [1.82, 2.24) is 10.2 Å². The summed E-state index contributed by atoms with van der Waals surface area (Å²) in [5.41, 5.74) is 1.02. The Bertz CT molecular complexity index is 775. The first-order valence-electron chi connectivity index (χ1n) is 10.1. The first-order chi connectivity index (χ1) is 14.1. The summed E-state index contributed by atoms with van der Waals surface area (Å²) in [6, 6.07) is 7.02. The van der Waals surface area contributed by atoms with Crippen LogP contribution in [0.25, 0.3) is 0 Å². The molecule has 0 bridgehead atoms. The fourth-order valence-electron chi connectivity index (χ4n) is 3.26. The van der Waals surface area contributed by atoms with E-state index in [1.165, 1.54) is 7.11 Å². The number of anilines is 1. The molecule has 0 saturated carbocycles. The lowest BCUT2D eigenvalue weighted by Gasteiger charge is -2.35. The quantitative estimate of drug-likeness (QED) is 0.686. The highest BCUT2D eigenvalue weighted by atomic mass is 16.5. The summed E-state index contributed by atoms with van der Waals surface area (Å²) >= 11 is 0. The fourth-order valence-corrected chi connectivity index (χ4v) is 3.26. The zero-order valence-electron chi connectivity index (χ0n) is 18.1. The van der Waals surface area contributed by atoms with Crippen LogP contribution in [-0.2, 0) is 30.3 Å². The van der Waals surface area contributed by atoms with Crippen molar-refractivity contribution >= 4 is 29.4 Å². The van der Waals surface area contributed by atoms with Crippen molar-refractivity contribution in [2.45, 2.75) is 40.0 Å². The summed E-state index contributed by atoms with van der Waals surface area (Å²) in [7, 11) is 1.26. The lowest BCUT2D eigenvalue weighted by molar-refractivity contribution is -0.142.